The summed E-state index contributed by atoms with van der Waals surface area (Å²) in [6, 6.07) is 10.4. The van der Waals surface area contributed by atoms with Crippen LogP contribution in [-0.4, -0.2) is 59.3 Å². The number of nitrogens with zero attached hydrogens (tertiary/aromatic N) is 2. The van der Waals surface area contributed by atoms with E-state index >= 15 is 0 Å². The van der Waals surface area contributed by atoms with E-state index in [-0.39, 0.29) is 5.91 Å². The van der Waals surface area contributed by atoms with Crippen LogP contribution in [0.15, 0.2) is 35.2 Å². The molecule has 1 aromatic carbocycles. The average molecular weight is 323 g/mol. The number of carbonyl (C=O) groups is 1. The molecule has 0 atom stereocenters. The fourth-order valence-electron chi connectivity index (χ4n) is 2.18. The zero-order valence-corrected chi connectivity index (χ0v) is 13.9. The number of thioether (sulfide) groups is 1. The van der Waals surface area contributed by atoms with Crippen molar-refractivity contribution in [2.75, 3.05) is 38.5 Å². The number of hydrogen-bond donors (Lipinski definition) is 1. The summed E-state index contributed by atoms with van der Waals surface area (Å²) in [5, 5.41) is 4.10. The largest absolute Gasteiger partial charge is 0.362 e. The minimum Gasteiger partial charge on any atom is -0.362 e. The van der Waals surface area contributed by atoms with Crippen molar-refractivity contribution in [3.05, 3.63) is 30.3 Å². The molecule has 1 heterocycles. The molecule has 1 aliphatic heterocycles. The van der Waals surface area contributed by atoms with E-state index in [1.807, 2.05) is 22.7 Å². The maximum absolute atomic E-state index is 11.3. The Bertz CT molecular complexity index is 473. The van der Waals surface area contributed by atoms with Crippen molar-refractivity contribution in [1.82, 2.24) is 15.1 Å². The van der Waals surface area contributed by atoms with Gasteiger partial charge in [0.15, 0.2) is 5.11 Å². The highest BCUT2D eigenvalue weighted by molar-refractivity contribution is 7.99. The SMILES string of the molecule is CC(=O)N1CCN(C(=S)NCCSc2ccccc2)CC1. The van der Waals surface area contributed by atoms with E-state index in [2.05, 4.69) is 34.5 Å². The predicted octanol–water partition coefficient (Wildman–Crippen LogP) is 1.82. The fraction of sp³-hybridized carbons (Fsp3) is 0.467. The summed E-state index contributed by atoms with van der Waals surface area (Å²) < 4.78 is 0. The number of benzene rings is 1. The maximum atomic E-state index is 11.3. The summed E-state index contributed by atoms with van der Waals surface area (Å²) in [5.74, 6) is 1.13. The van der Waals surface area contributed by atoms with Crippen molar-refractivity contribution in [3.8, 4) is 0 Å². The van der Waals surface area contributed by atoms with Gasteiger partial charge in [0.2, 0.25) is 5.91 Å². The van der Waals surface area contributed by atoms with Crippen LogP contribution in [0, 0.1) is 0 Å². The summed E-state index contributed by atoms with van der Waals surface area (Å²) in [5.41, 5.74) is 0. The molecule has 1 aromatic rings. The van der Waals surface area contributed by atoms with Crippen molar-refractivity contribution in [2.24, 2.45) is 0 Å². The molecule has 21 heavy (non-hydrogen) atoms. The molecule has 0 aliphatic carbocycles. The lowest BCUT2D eigenvalue weighted by molar-refractivity contribution is -0.130. The van der Waals surface area contributed by atoms with Crippen molar-refractivity contribution in [3.63, 3.8) is 0 Å². The Morgan fingerprint density at radius 3 is 2.43 bits per heavy atom. The van der Waals surface area contributed by atoms with Crippen LogP contribution in [0.3, 0.4) is 0 Å². The highest BCUT2D eigenvalue weighted by Crippen LogP contribution is 2.15. The summed E-state index contributed by atoms with van der Waals surface area (Å²) in [4.78, 5) is 16.6. The summed E-state index contributed by atoms with van der Waals surface area (Å²) in [6.45, 7) is 5.62. The molecule has 1 fully saturated rings. The highest BCUT2D eigenvalue weighted by Gasteiger charge is 2.19. The van der Waals surface area contributed by atoms with Crippen LogP contribution in [0.4, 0.5) is 0 Å². The van der Waals surface area contributed by atoms with E-state index in [9.17, 15) is 4.79 Å². The Labute approximate surface area is 135 Å². The number of rotatable bonds is 4. The minimum atomic E-state index is 0.146. The zero-order valence-electron chi connectivity index (χ0n) is 12.2. The number of piperazine rings is 1. The van der Waals surface area contributed by atoms with Gasteiger partial charge in [0.25, 0.3) is 0 Å². The lowest BCUT2D eigenvalue weighted by Gasteiger charge is -2.35. The van der Waals surface area contributed by atoms with Gasteiger partial charge < -0.3 is 15.1 Å². The molecule has 0 radical (unpaired) electrons. The van der Waals surface area contributed by atoms with Crippen molar-refractivity contribution in [1.29, 1.82) is 0 Å². The minimum absolute atomic E-state index is 0.146. The molecule has 0 saturated carbocycles. The number of thiocarbonyl (C=S) groups is 1. The van der Waals surface area contributed by atoms with Crippen molar-refractivity contribution in [2.45, 2.75) is 11.8 Å². The number of hydrogen-bond acceptors (Lipinski definition) is 3. The van der Waals surface area contributed by atoms with E-state index in [0.717, 1.165) is 43.6 Å². The second kappa shape index (κ2) is 8.24. The molecular weight excluding hydrogens is 302 g/mol. The summed E-state index contributed by atoms with van der Waals surface area (Å²) in [6.07, 6.45) is 0. The molecular formula is C15H21N3OS2. The Balaban J connectivity index is 1.63. The lowest BCUT2D eigenvalue weighted by atomic mass is 10.3. The predicted molar refractivity (Wildman–Crippen MR) is 91.6 cm³/mol. The van der Waals surface area contributed by atoms with E-state index in [1.54, 1.807) is 6.92 Å². The first-order chi connectivity index (χ1) is 10.2. The van der Waals surface area contributed by atoms with Gasteiger partial charge in [-0.25, -0.2) is 0 Å². The normalized spacial score (nSPS) is 14.9. The second-order valence-electron chi connectivity index (χ2n) is 4.89. The molecule has 1 amide bonds. The van der Waals surface area contributed by atoms with E-state index in [0.29, 0.717) is 0 Å². The number of amides is 1. The first-order valence-corrected chi connectivity index (χ1v) is 8.52. The molecule has 0 unspecified atom stereocenters. The fourth-order valence-corrected chi connectivity index (χ4v) is 3.25. The number of carbonyl (C=O) groups excluding carboxylic acids is 1. The van der Waals surface area contributed by atoms with Gasteiger partial charge in [-0.05, 0) is 24.4 Å². The van der Waals surface area contributed by atoms with Crippen LogP contribution >= 0.6 is 24.0 Å². The van der Waals surface area contributed by atoms with Gasteiger partial charge >= 0.3 is 0 Å². The first-order valence-electron chi connectivity index (χ1n) is 7.13. The first kappa shape index (κ1) is 16.1. The molecule has 0 bridgehead atoms. The van der Waals surface area contributed by atoms with Gasteiger partial charge in [0.05, 0.1) is 0 Å². The Morgan fingerprint density at radius 2 is 1.81 bits per heavy atom. The number of nitrogens with one attached hydrogen (secondary N) is 1. The third-order valence-electron chi connectivity index (χ3n) is 3.40. The van der Waals surface area contributed by atoms with Gasteiger partial charge in [0.1, 0.15) is 0 Å². The van der Waals surface area contributed by atoms with Crippen molar-refractivity contribution >= 4 is 35.0 Å². The molecule has 114 valence electrons. The summed E-state index contributed by atoms with van der Waals surface area (Å²) >= 11 is 7.23. The maximum Gasteiger partial charge on any atom is 0.219 e. The second-order valence-corrected chi connectivity index (χ2v) is 6.44. The van der Waals surface area contributed by atoms with Gasteiger partial charge in [0, 0.05) is 50.3 Å². The van der Waals surface area contributed by atoms with Crippen LogP contribution in [0.1, 0.15) is 6.92 Å². The van der Waals surface area contributed by atoms with Crippen LogP contribution in [0.5, 0.6) is 0 Å². The molecule has 1 aliphatic rings. The molecule has 4 nitrogen and oxygen atoms in total. The molecule has 1 saturated heterocycles. The molecule has 6 heteroatoms. The van der Waals surface area contributed by atoms with Crippen molar-refractivity contribution < 1.29 is 4.79 Å². The monoisotopic (exact) mass is 323 g/mol. The summed E-state index contributed by atoms with van der Waals surface area (Å²) in [7, 11) is 0. The van der Waals surface area contributed by atoms with Gasteiger partial charge in [-0.3, -0.25) is 4.79 Å². The van der Waals surface area contributed by atoms with Crippen LogP contribution < -0.4 is 5.32 Å². The highest BCUT2D eigenvalue weighted by atomic mass is 32.2. The third kappa shape index (κ3) is 5.21. The Hall–Kier alpha value is -1.27. The van der Waals surface area contributed by atoms with Crippen LogP contribution in [0.2, 0.25) is 0 Å². The van der Waals surface area contributed by atoms with Crippen LogP contribution in [0.25, 0.3) is 0 Å². The quantitative estimate of drug-likeness (QED) is 0.519. The topological polar surface area (TPSA) is 35.6 Å². The smallest absolute Gasteiger partial charge is 0.219 e. The van der Waals surface area contributed by atoms with E-state index < -0.39 is 0 Å². The third-order valence-corrected chi connectivity index (χ3v) is 4.82. The molecule has 0 aromatic heterocycles. The molecule has 0 spiro atoms. The van der Waals surface area contributed by atoms with E-state index in [4.69, 9.17) is 12.2 Å². The standard InChI is InChI=1S/C15H21N3OS2/c1-13(19)17-8-10-18(11-9-17)15(20)16-7-12-21-14-5-3-2-4-6-14/h2-6H,7-12H2,1H3,(H,16,20). The Morgan fingerprint density at radius 1 is 1.19 bits per heavy atom. The average Bonchev–Trinajstić information content (AvgIpc) is 2.52. The van der Waals surface area contributed by atoms with E-state index in [1.165, 1.54) is 4.90 Å². The zero-order chi connectivity index (χ0) is 15.1. The Kier molecular flexibility index (Phi) is 6.32. The van der Waals surface area contributed by atoms with Gasteiger partial charge in [-0.2, -0.15) is 0 Å². The van der Waals surface area contributed by atoms with Gasteiger partial charge in [-0.1, -0.05) is 18.2 Å². The van der Waals surface area contributed by atoms with Gasteiger partial charge in [-0.15, -0.1) is 11.8 Å². The molecule has 2 rings (SSSR count). The molecule has 1 N–H and O–H groups in total. The van der Waals surface area contributed by atoms with Crippen LogP contribution in [-0.2, 0) is 4.79 Å². The lowest BCUT2D eigenvalue weighted by Crippen LogP contribution is -2.52.